The van der Waals surface area contributed by atoms with E-state index in [1.807, 2.05) is 20.2 Å². The molecular weight excluding hydrogens is 168 g/mol. The van der Waals surface area contributed by atoms with E-state index in [4.69, 9.17) is 0 Å². The Morgan fingerprint density at radius 2 is 2.31 bits per heavy atom. The third-order valence-corrected chi connectivity index (χ3v) is 1.90. The number of nitrogens with one attached hydrogen (secondary N) is 1. The standard InChI is InChI=1S/C8H10N4O/c1-6-7(5-11(2)10-6)12-4-3-9-8(12)13/h3-5H,1-2H3,(H,9,13). The molecule has 2 heterocycles. The van der Waals surface area contributed by atoms with Crippen molar-refractivity contribution in [1.82, 2.24) is 19.3 Å². The molecule has 0 atom stereocenters. The Labute approximate surface area is 74.6 Å². The van der Waals surface area contributed by atoms with E-state index in [1.54, 1.807) is 17.1 Å². The average molecular weight is 178 g/mol. The van der Waals surface area contributed by atoms with Crippen LogP contribution in [-0.4, -0.2) is 19.3 Å². The normalized spacial score (nSPS) is 10.6. The quantitative estimate of drug-likeness (QED) is 0.678. The summed E-state index contributed by atoms with van der Waals surface area (Å²) in [5.74, 6) is 0. The highest BCUT2D eigenvalue weighted by Crippen LogP contribution is 2.07. The summed E-state index contributed by atoms with van der Waals surface area (Å²) in [6.07, 6.45) is 5.10. The van der Waals surface area contributed by atoms with Gasteiger partial charge in [-0.3, -0.25) is 9.25 Å². The topological polar surface area (TPSA) is 55.6 Å². The second-order valence-corrected chi connectivity index (χ2v) is 2.91. The number of aromatic amines is 1. The molecule has 0 aliphatic rings. The third kappa shape index (κ3) is 1.18. The van der Waals surface area contributed by atoms with Crippen molar-refractivity contribution in [3.63, 3.8) is 0 Å². The zero-order valence-electron chi connectivity index (χ0n) is 7.48. The molecule has 68 valence electrons. The maximum atomic E-state index is 11.3. The summed E-state index contributed by atoms with van der Waals surface area (Å²) in [6.45, 7) is 1.87. The fraction of sp³-hybridized carbons (Fsp3) is 0.250. The van der Waals surface area contributed by atoms with Crippen molar-refractivity contribution < 1.29 is 0 Å². The van der Waals surface area contributed by atoms with Gasteiger partial charge in [-0.05, 0) is 6.92 Å². The lowest BCUT2D eigenvalue weighted by atomic mass is 10.4. The molecule has 0 unspecified atom stereocenters. The highest BCUT2D eigenvalue weighted by atomic mass is 16.1. The van der Waals surface area contributed by atoms with Crippen molar-refractivity contribution in [2.75, 3.05) is 0 Å². The molecule has 1 N–H and O–H groups in total. The highest BCUT2D eigenvalue weighted by Gasteiger charge is 2.06. The van der Waals surface area contributed by atoms with Crippen LogP contribution >= 0.6 is 0 Å². The molecule has 0 aliphatic carbocycles. The molecule has 0 aromatic carbocycles. The molecule has 0 saturated carbocycles. The van der Waals surface area contributed by atoms with Gasteiger partial charge < -0.3 is 4.98 Å². The Bertz CT molecular complexity index is 476. The van der Waals surface area contributed by atoms with Crippen LogP contribution in [-0.2, 0) is 7.05 Å². The summed E-state index contributed by atoms with van der Waals surface area (Å²) in [4.78, 5) is 13.8. The number of nitrogens with zero attached hydrogens (tertiary/aromatic N) is 3. The van der Waals surface area contributed by atoms with Gasteiger partial charge in [0.1, 0.15) is 0 Å². The molecule has 5 nitrogen and oxygen atoms in total. The van der Waals surface area contributed by atoms with Gasteiger partial charge in [-0.25, -0.2) is 4.79 Å². The zero-order valence-corrected chi connectivity index (χ0v) is 7.48. The zero-order chi connectivity index (χ0) is 9.42. The summed E-state index contributed by atoms with van der Waals surface area (Å²) >= 11 is 0. The fourth-order valence-corrected chi connectivity index (χ4v) is 1.33. The number of rotatable bonds is 1. The van der Waals surface area contributed by atoms with Gasteiger partial charge in [-0.1, -0.05) is 0 Å². The maximum Gasteiger partial charge on any atom is 0.330 e. The van der Waals surface area contributed by atoms with E-state index >= 15 is 0 Å². The predicted molar refractivity (Wildman–Crippen MR) is 47.9 cm³/mol. The third-order valence-electron chi connectivity index (χ3n) is 1.90. The lowest BCUT2D eigenvalue weighted by Gasteiger charge is -1.94. The molecular formula is C8H10N4O. The Morgan fingerprint density at radius 1 is 1.54 bits per heavy atom. The lowest BCUT2D eigenvalue weighted by molar-refractivity contribution is 0.756. The van der Waals surface area contributed by atoms with Crippen molar-refractivity contribution in [2.45, 2.75) is 6.92 Å². The van der Waals surface area contributed by atoms with Gasteiger partial charge >= 0.3 is 5.69 Å². The van der Waals surface area contributed by atoms with Gasteiger partial charge in [0.15, 0.2) is 0 Å². The largest absolute Gasteiger partial charge is 0.330 e. The van der Waals surface area contributed by atoms with Crippen LogP contribution in [0.4, 0.5) is 0 Å². The van der Waals surface area contributed by atoms with E-state index in [2.05, 4.69) is 10.1 Å². The first-order chi connectivity index (χ1) is 6.18. The Hall–Kier alpha value is -1.78. The number of hydrogen-bond acceptors (Lipinski definition) is 2. The summed E-state index contributed by atoms with van der Waals surface area (Å²) in [6, 6.07) is 0. The van der Waals surface area contributed by atoms with Gasteiger partial charge in [0.25, 0.3) is 0 Å². The summed E-state index contributed by atoms with van der Waals surface area (Å²) < 4.78 is 3.21. The van der Waals surface area contributed by atoms with Crippen molar-refractivity contribution in [1.29, 1.82) is 0 Å². The minimum Gasteiger partial charge on any atom is -0.312 e. The smallest absolute Gasteiger partial charge is 0.312 e. The average Bonchev–Trinajstić information content (AvgIpc) is 2.58. The molecule has 2 rings (SSSR count). The summed E-state index contributed by atoms with van der Waals surface area (Å²) in [5.41, 5.74) is 1.51. The van der Waals surface area contributed by atoms with Crippen LogP contribution < -0.4 is 5.69 Å². The first-order valence-electron chi connectivity index (χ1n) is 3.95. The Morgan fingerprint density at radius 3 is 2.77 bits per heavy atom. The second-order valence-electron chi connectivity index (χ2n) is 2.91. The Balaban J connectivity index is 2.65. The van der Waals surface area contributed by atoms with Gasteiger partial charge in [0.05, 0.1) is 11.4 Å². The number of imidazole rings is 1. The van der Waals surface area contributed by atoms with E-state index in [1.165, 1.54) is 4.57 Å². The van der Waals surface area contributed by atoms with E-state index in [0.29, 0.717) is 0 Å². The minimum absolute atomic E-state index is 0.142. The van der Waals surface area contributed by atoms with Crippen LogP contribution in [0.15, 0.2) is 23.4 Å². The van der Waals surface area contributed by atoms with Crippen LogP contribution in [0.2, 0.25) is 0 Å². The molecule has 0 aliphatic heterocycles. The first-order valence-corrected chi connectivity index (χ1v) is 3.95. The fourth-order valence-electron chi connectivity index (χ4n) is 1.33. The van der Waals surface area contributed by atoms with E-state index in [-0.39, 0.29) is 5.69 Å². The van der Waals surface area contributed by atoms with Crippen LogP contribution in [0, 0.1) is 6.92 Å². The predicted octanol–water partition coefficient (Wildman–Crippen LogP) is 0.208. The van der Waals surface area contributed by atoms with E-state index < -0.39 is 0 Å². The van der Waals surface area contributed by atoms with E-state index in [0.717, 1.165) is 11.4 Å². The van der Waals surface area contributed by atoms with Crippen molar-refractivity contribution >= 4 is 0 Å². The molecule has 0 fully saturated rings. The van der Waals surface area contributed by atoms with Gasteiger partial charge in [0, 0.05) is 25.6 Å². The number of aryl methyl sites for hydroxylation is 2. The highest BCUT2D eigenvalue weighted by molar-refractivity contribution is 5.33. The van der Waals surface area contributed by atoms with Crippen LogP contribution in [0.1, 0.15) is 5.69 Å². The maximum absolute atomic E-state index is 11.3. The van der Waals surface area contributed by atoms with Gasteiger partial charge in [-0.15, -0.1) is 0 Å². The molecule has 2 aromatic heterocycles. The number of hydrogen-bond donors (Lipinski definition) is 1. The molecule has 0 radical (unpaired) electrons. The van der Waals surface area contributed by atoms with Gasteiger partial charge in [0.2, 0.25) is 0 Å². The second kappa shape index (κ2) is 2.62. The molecule has 5 heteroatoms. The Kier molecular flexibility index (Phi) is 1.58. The molecule has 0 saturated heterocycles. The number of aromatic nitrogens is 4. The molecule has 13 heavy (non-hydrogen) atoms. The monoisotopic (exact) mass is 178 g/mol. The van der Waals surface area contributed by atoms with Crippen molar-refractivity contribution in [3.8, 4) is 5.69 Å². The van der Waals surface area contributed by atoms with Crippen LogP contribution in [0.3, 0.4) is 0 Å². The van der Waals surface area contributed by atoms with E-state index in [9.17, 15) is 4.79 Å². The van der Waals surface area contributed by atoms with Gasteiger partial charge in [-0.2, -0.15) is 5.10 Å². The molecule has 0 spiro atoms. The van der Waals surface area contributed by atoms with Crippen LogP contribution in [0.25, 0.3) is 5.69 Å². The van der Waals surface area contributed by atoms with Crippen LogP contribution in [0.5, 0.6) is 0 Å². The molecule has 0 amide bonds. The summed E-state index contributed by atoms with van der Waals surface area (Å²) in [5, 5.41) is 4.15. The number of H-pyrrole nitrogens is 1. The molecule has 0 bridgehead atoms. The minimum atomic E-state index is -0.142. The molecule has 2 aromatic rings. The summed E-state index contributed by atoms with van der Waals surface area (Å²) in [7, 11) is 1.83. The van der Waals surface area contributed by atoms with Crippen molar-refractivity contribution in [2.24, 2.45) is 7.05 Å². The van der Waals surface area contributed by atoms with Crippen molar-refractivity contribution in [3.05, 3.63) is 34.8 Å². The first kappa shape index (κ1) is 7.85. The SMILES string of the molecule is Cc1nn(C)cc1-n1cc[nH]c1=O. The lowest BCUT2D eigenvalue weighted by Crippen LogP contribution is -2.14.